The van der Waals surface area contributed by atoms with Gasteiger partial charge in [-0.25, -0.2) is 13.1 Å². The highest BCUT2D eigenvalue weighted by atomic mass is 32.2. The summed E-state index contributed by atoms with van der Waals surface area (Å²) < 4.78 is 32.1. The van der Waals surface area contributed by atoms with Crippen LogP contribution in [0, 0.1) is 5.92 Å². The molecule has 118 valence electrons. The van der Waals surface area contributed by atoms with E-state index in [1.165, 1.54) is 12.8 Å². The first-order valence-electron chi connectivity index (χ1n) is 7.42. The third kappa shape index (κ3) is 6.13. The van der Waals surface area contributed by atoms with Gasteiger partial charge in [-0.05, 0) is 36.3 Å². The first kappa shape index (κ1) is 16.4. The molecule has 0 radical (unpaired) electrons. The van der Waals surface area contributed by atoms with Crippen molar-refractivity contribution < 1.29 is 13.2 Å². The van der Waals surface area contributed by atoms with Crippen LogP contribution >= 0.6 is 0 Å². The number of hydrogen-bond donors (Lipinski definition) is 2. The molecule has 2 rings (SSSR count). The van der Waals surface area contributed by atoms with Crippen LogP contribution < -0.4 is 10.5 Å². The van der Waals surface area contributed by atoms with E-state index in [1.54, 1.807) is 6.07 Å². The van der Waals surface area contributed by atoms with Crippen LogP contribution in [0.1, 0.15) is 30.4 Å². The van der Waals surface area contributed by atoms with E-state index >= 15 is 0 Å². The Morgan fingerprint density at radius 2 is 1.95 bits per heavy atom. The van der Waals surface area contributed by atoms with Crippen molar-refractivity contribution in [3.8, 4) is 0 Å². The molecular weight excluding hydrogens is 288 g/mol. The molecule has 0 aromatic heterocycles. The van der Waals surface area contributed by atoms with Crippen molar-refractivity contribution in [1.82, 2.24) is 4.72 Å². The Morgan fingerprint density at radius 1 is 1.24 bits per heavy atom. The zero-order valence-electron chi connectivity index (χ0n) is 12.3. The second kappa shape index (κ2) is 7.89. The Labute approximate surface area is 126 Å². The number of benzene rings is 1. The van der Waals surface area contributed by atoms with E-state index in [-0.39, 0.29) is 5.75 Å². The van der Waals surface area contributed by atoms with Crippen molar-refractivity contribution in [1.29, 1.82) is 0 Å². The van der Waals surface area contributed by atoms with E-state index in [4.69, 9.17) is 10.5 Å². The SMILES string of the molecule is NCc1ccccc1CS(=O)(=O)NCCCOCC1CC1. The third-order valence-electron chi connectivity index (χ3n) is 3.52. The predicted octanol–water partition coefficient (Wildman–Crippen LogP) is 1.38. The van der Waals surface area contributed by atoms with E-state index in [2.05, 4.69) is 4.72 Å². The Kier molecular flexibility index (Phi) is 6.17. The maximum atomic E-state index is 12.0. The Balaban J connectivity index is 1.70. The quantitative estimate of drug-likeness (QED) is 0.640. The largest absolute Gasteiger partial charge is 0.381 e. The van der Waals surface area contributed by atoms with E-state index in [1.807, 2.05) is 18.2 Å². The van der Waals surface area contributed by atoms with Crippen LogP contribution in [0.5, 0.6) is 0 Å². The van der Waals surface area contributed by atoms with Gasteiger partial charge >= 0.3 is 0 Å². The molecule has 21 heavy (non-hydrogen) atoms. The first-order valence-corrected chi connectivity index (χ1v) is 9.08. The first-order chi connectivity index (χ1) is 10.1. The maximum absolute atomic E-state index is 12.0. The summed E-state index contributed by atoms with van der Waals surface area (Å²) in [5.74, 6) is 0.720. The molecule has 0 unspecified atom stereocenters. The lowest BCUT2D eigenvalue weighted by atomic mass is 10.1. The van der Waals surface area contributed by atoms with Crippen molar-refractivity contribution in [2.24, 2.45) is 11.7 Å². The smallest absolute Gasteiger partial charge is 0.215 e. The molecule has 1 aliphatic rings. The van der Waals surface area contributed by atoms with Gasteiger partial charge in [0.2, 0.25) is 10.0 Å². The second-order valence-corrected chi connectivity index (χ2v) is 7.30. The van der Waals surface area contributed by atoms with Crippen molar-refractivity contribution in [3.63, 3.8) is 0 Å². The van der Waals surface area contributed by atoms with Gasteiger partial charge in [0.05, 0.1) is 5.75 Å². The lowest BCUT2D eigenvalue weighted by Crippen LogP contribution is -2.27. The number of rotatable bonds is 10. The zero-order valence-corrected chi connectivity index (χ0v) is 13.1. The molecule has 0 atom stereocenters. The van der Waals surface area contributed by atoms with Gasteiger partial charge in [-0.15, -0.1) is 0 Å². The van der Waals surface area contributed by atoms with Crippen LogP contribution in [0.15, 0.2) is 24.3 Å². The Morgan fingerprint density at radius 3 is 2.62 bits per heavy atom. The monoisotopic (exact) mass is 312 g/mol. The summed E-state index contributed by atoms with van der Waals surface area (Å²) in [5.41, 5.74) is 7.25. The molecule has 3 N–H and O–H groups in total. The highest BCUT2D eigenvalue weighted by Gasteiger charge is 2.20. The molecule has 0 amide bonds. The fourth-order valence-electron chi connectivity index (χ4n) is 2.09. The Hall–Kier alpha value is -0.950. The van der Waals surface area contributed by atoms with E-state index in [9.17, 15) is 8.42 Å². The van der Waals surface area contributed by atoms with Gasteiger partial charge in [-0.3, -0.25) is 0 Å². The lowest BCUT2D eigenvalue weighted by molar-refractivity contribution is 0.123. The highest BCUT2D eigenvalue weighted by molar-refractivity contribution is 7.88. The van der Waals surface area contributed by atoms with Gasteiger partial charge in [0.1, 0.15) is 0 Å². The molecule has 0 heterocycles. The van der Waals surface area contributed by atoms with Gasteiger partial charge in [0, 0.05) is 26.3 Å². The summed E-state index contributed by atoms with van der Waals surface area (Å²) >= 11 is 0. The molecule has 1 aromatic rings. The van der Waals surface area contributed by atoms with Crippen LogP contribution in [0.3, 0.4) is 0 Å². The van der Waals surface area contributed by atoms with E-state index < -0.39 is 10.0 Å². The highest BCUT2D eigenvalue weighted by Crippen LogP contribution is 2.28. The molecule has 0 aliphatic heterocycles. The van der Waals surface area contributed by atoms with Crippen molar-refractivity contribution in [2.45, 2.75) is 31.6 Å². The fourth-order valence-corrected chi connectivity index (χ4v) is 3.34. The third-order valence-corrected chi connectivity index (χ3v) is 4.86. The van der Waals surface area contributed by atoms with Gasteiger partial charge in [-0.1, -0.05) is 24.3 Å². The van der Waals surface area contributed by atoms with Crippen LogP contribution in [0.4, 0.5) is 0 Å². The molecule has 0 saturated heterocycles. The topological polar surface area (TPSA) is 81.4 Å². The summed E-state index contributed by atoms with van der Waals surface area (Å²) in [6.07, 6.45) is 3.24. The molecular formula is C15H24N2O3S. The summed E-state index contributed by atoms with van der Waals surface area (Å²) in [5, 5.41) is 0. The fraction of sp³-hybridized carbons (Fsp3) is 0.600. The van der Waals surface area contributed by atoms with Gasteiger partial charge in [-0.2, -0.15) is 0 Å². The maximum Gasteiger partial charge on any atom is 0.215 e. The average Bonchev–Trinajstić information content (AvgIpc) is 3.27. The predicted molar refractivity (Wildman–Crippen MR) is 83.1 cm³/mol. The van der Waals surface area contributed by atoms with Gasteiger partial charge < -0.3 is 10.5 Å². The van der Waals surface area contributed by atoms with Crippen molar-refractivity contribution in [2.75, 3.05) is 19.8 Å². The number of hydrogen-bond acceptors (Lipinski definition) is 4. The zero-order chi connectivity index (χ0) is 15.1. The minimum absolute atomic E-state index is 0.0245. The van der Waals surface area contributed by atoms with Gasteiger partial charge in [0.25, 0.3) is 0 Å². The summed E-state index contributed by atoms with van der Waals surface area (Å²) in [6, 6.07) is 7.36. The minimum Gasteiger partial charge on any atom is -0.381 e. The van der Waals surface area contributed by atoms with Crippen LogP contribution in [-0.2, 0) is 27.1 Å². The molecule has 0 bridgehead atoms. The lowest BCUT2D eigenvalue weighted by Gasteiger charge is -2.10. The molecule has 1 fully saturated rings. The van der Waals surface area contributed by atoms with Crippen molar-refractivity contribution >= 4 is 10.0 Å². The average molecular weight is 312 g/mol. The normalized spacial score (nSPS) is 15.3. The van der Waals surface area contributed by atoms with E-state index in [0.717, 1.165) is 23.7 Å². The summed E-state index contributed by atoms with van der Waals surface area (Å²) in [4.78, 5) is 0. The number of ether oxygens (including phenoxy) is 1. The van der Waals surface area contributed by atoms with Crippen LogP contribution in [0.25, 0.3) is 0 Å². The van der Waals surface area contributed by atoms with Crippen molar-refractivity contribution in [3.05, 3.63) is 35.4 Å². The summed E-state index contributed by atoms with van der Waals surface area (Å²) in [6.45, 7) is 2.19. The molecule has 1 aliphatic carbocycles. The Bertz CT molecular complexity index is 542. The van der Waals surface area contributed by atoms with E-state index in [0.29, 0.717) is 26.1 Å². The number of nitrogens with one attached hydrogen (secondary N) is 1. The number of nitrogens with two attached hydrogens (primary N) is 1. The molecule has 1 aromatic carbocycles. The van der Waals surface area contributed by atoms with Gasteiger partial charge in [0.15, 0.2) is 0 Å². The van der Waals surface area contributed by atoms with Crippen LogP contribution in [0.2, 0.25) is 0 Å². The standard InChI is InChI=1S/C15H24N2O3S/c16-10-14-4-1-2-5-15(14)12-21(18,19)17-8-3-9-20-11-13-6-7-13/h1-2,4-5,13,17H,3,6-12,16H2. The second-order valence-electron chi connectivity index (χ2n) is 5.50. The number of sulfonamides is 1. The molecule has 5 nitrogen and oxygen atoms in total. The molecule has 6 heteroatoms. The molecule has 0 spiro atoms. The van der Waals surface area contributed by atoms with Crippen LogP contribution in [-0.4, -0.2) is 28.2 Å². The minimum atomic E-state index is -3.32. The molecule has 1 saturated carbocycles. The summed E-state index contributed by atoms with van der Waals surface area (Å²) in [7, 11) is -3.32.